The fourth-order valence-corrected chi connectivity index (χ4v) is 1.76. The molecule has 0 aromatic rings. The molecule has 1 unspecified atom stereocenters. The summed E-state index contributed by atoms with van der Waals surface area (Å²) < 4.78 is 4.88. The van der Waals surface area contributed by atoms with Crippen LogP contribution in [-0.2, 0) is 9.53 Å². The number of allylic oxidation sites excluding steroid dienone is 1. The summed E-state index contributed by atoms with van der Waals surface area (Å²) in [5.41, 5.74) is 0. The first kappa shape index (κ1) is 15.4. The lowest BCUT2D eigenvalue weighted by Gasteiger charge is -2.10. The molecule has 0 heterocycles. The summed E-state index contributed by atoms with van der Waals surface area (Å²) in [5.74, 6) is 0.473. The zero-order valence-electron chi connectivity index (χ0n) is 11.0. The number of carbonyl (C=O) groups is 1. The monoisotopic (exact) mass is 226 g/mol. The fraction of sp³-hybridized carbons (Fsp3) is 0.786. The second-order valence-corrected chi connectivity index (χ2v) is 4.21. The molecule has 0 aromatic heterocycles. The van der Waals surface area contributed by atoms with Gasteiger partial charge in [0, 0.05) is 13.0 Å². The van der Waals surface area contributed by atoms with Crippen molar-refractivity contribution in [1.29, 1.82) is 0 Å². The molecule has 0 spiro atoms. The van der Waals surface area contributed by atoms with Gasteiger partial charge in [0.25, 0.3) is 0 Å². The van der Waals surface area contributed by atoms with Gasteiger partial charge in [0.05, 0.1) is 6.61 Å². The second kappa shape index (κ2) is 10.9. The van der Waals surface area contributed by atoms with Gasteiger partial charge in [-0.05, 0) is 18.9 Å². The third-order valence-corrected chi connectivity index (χ3v) is 2.85. The van der Waals surface area contributed by atoms with Gasteiger partial charge in [-0.2, -0.15) is 0 Å². The Morgan fingerprint density at radius 1 is 1.25 bits per heavy atom. The molecule has 0 aliphatic carbocycles. The Kier molecular flexibility index (Phi) is 10.4. The molecular weight excluding hydrogens is 200 g/mol. The molecule has 0 rings (SSSR count). The van der Waals surface area contributed by atoms with Crippen LogP contribution < -0.4 is 0 Å². The highest BCUT2D eigenvalue weighted by molar-refractivity contribution is 5.91. The number of methoxy groups -OCH3 is 1. The van der Waals surface area contributed by atoms with Gasteiger partial charge >= 0.3 is 0 Å². The lowest BCUT2D eigenvalue weighted by molar-refractivity contribution is -0.118. The maximum absolute atomic E-state index is 11.8. The van der Waals surface area contributed by atoms with Crippen LogP contribution in [0.3, 0.4) is 0 Å². The van der Waals surface area contributed by atoms with Gasteiger partial charge in [-0.15, -0.1) is 0 Å². The van der Waals surface area contributed by atoms with Crippen LogP contribution in [0, 0.1) is 5.92 Å². The number of carbonyl (C=O) groups excluding carboxylic acids is 1. The van der Waals surface area contributed by atoms with Crippen LogP contribution in [0.5, 0.6) is 0 Å². The Balaban J connectivity index is 3.83. The molecule has 2 nitrogen and oxygen atoms in total. The number of ether oxygens (including phenoxy) is 1. The van der Waals surface area contributed by atoms with Crippen molar-refractivity contribution in [3.8, 4) is 0 Å². The van der Waals surface area contributed by atoms with Crippen molar-refractivity contribution < 1.29 is 9.53 Å². The van der Waals surface area contributed by atoms with Crippen molar-refractivity contribution in [3.63, 3.8) is 0 Å². The van der Waals surface area contributed by atoms with Crippen molar-refractivity contribution in [3.05, 3.63) is 12.2 Å². The van der Waals surface area contributed by atoms with Crippen molar-refractivity contribution >= 4 is 5.78 Å². The lowest BCUT2D eigenvalue weighted by Crippen LogP contribution is -2.11. The Bertz CT molecular complexity index is 197. The van der Waals surface area contributed by atoms with E-state index < -0.39 is 0 Å². The predicted molar refractivity (Wildman–Crippen MR) is 68.6 cm³/mol. The van der Waals surface area contributed by atoms with E-state index in [2.05, 4.69) is 13.8 Å². The summed E-state index contributed by atoms with van der Waals surface area (Å²) in [4.78, 5) is 11.8. The molecule has 94 valence electrons. The first-order valence-electron chi connectivity index (χ1n) is 6.45. The smallest absolute Gasteiger partial charge is 0.158 e. The van der Waals surface area contributed by atoms with E-state index in [1.54, 1.807) is 19.3 Å². The Morgan fingerprint density at radius 2 is 2.00 bits per heavy atom. The van der Waals surface area contributed by atoms with E-state index in [-0.39, 0.29) is 11.7 Å². The van der Waals surface area contributed by atoms with E-state index in [0.29, 0.717) is 6.61 Å². The molecule has 0 amide bonds. The van der Waals surface area contributed by atoms with Crippen molar-refractivity contribution in [2.24, 2.45) is 5.92 Å². The van der Waals surface area contributed by atoms with E-state index in [4.69, 9.17) is 4.74 Å². The second-order valence-electron chi connectivity index (χ2n) is 4.21. The number of unbranched alkanes of at least 4 members (excludes halogenated alkanes) is 3. The SMILES string of the molecule is CCCCCCC(CC)C(=O)/C=C/COC. The minimum absolute atomic E-state index is 0.213. The Hall–Kier alpha value is -0.630. The van der Waals surface area contributed by atoms with Gasteiger partial charge in [-0.1, -0.05) is 45.6 Å². The number of hydrogen-bond donors (Lipinski definition) is 0. The zero-order valence-corrected chi connectivity index (χ0v) is 11.0. The molecule has 0 fully saturated rings. The average Bonchev–Trinajstić information content (AvgIpc) is 2.29. The molecule has 0 N–H and O–H groups in total. The van der Waals surface area contributed by atoms with Crippen LogP contribution in [-0.4, -0.2) is 19.5 Å². The molecule has 0 bridgehead atoms. The summed E-state index contributed by atoms with van der Waals surface area (Å²) in [6, 6.07) is 0. The van der Waals surface area contributed by atoms with E-state index in [1.807, 2.05) is 0 Å². The van der Waals surface area contributed by atoms with Crippen molar-refractivity contribution in [2.75, 3.05) is 13.7 Å². The zero-order chi connectivity index (χ0) is 12.2. The van der Waals surface area contributed by atoms with Crippen LogP contribution in [0.1, 0.15) is 52.4 Å². The van der Waals surface area contributed by atoms with Gasteiger partial charge in [0.1, 0.15) is 0 Å². The molecule has 2 heteroatoms. The highest BCUT2D eigenvalue weighted by Gasteiger charge is 2.12. The van der Waals surface area contributed by atoms with E-state index >= 15 is 0 Å². The maximum Gasteiger partial charge on any atom is 0.158 e. The van der Waals surface area contributed by atoms with Crippen LogP contribution in [0.25, 0.3) is 0 Å². The van der Waals surface area contributed by atoms with Gasteiger partial charge in [-0.3, -0.25) is 4.79 Å². The maximum atomic E-state index is 11.8. The van der Waals surface area contributed by atoms with Crippen molar-refractivity contribution in [1.82, 2.24) is 0 Å². The topological polar surface area (TPSA) is 26.3 Å². The highest BCUT2D eigenvalue weighted by atomic mass is 16.5. The third kappa shape index (κ3) is 7.63. The van der Waals surface area contributed by atoms with E-state index in [1.165, 1.54) is 25.7 Å². The van der Waals surface area contributed by atoms with E-state index in [9.17, 15) is 4.79 Å². The highest BCUT2D eigenvalue weighted by Crippen LogP contribution is 2.15. The summed E-state index contributed by atoms with van der Waals surface area (Å²) in [6.45, 7) is 4.82. The minimum Gasteiger partial charge on any atom is -0.381 e. The molecular formula is C14H26O2. The van der Waals surface area contributed by atoms with Gasteiger partial charge < -0.3 is 4.74 Å². The molecule has 16 heavy (non-hydrogen) atoms. The number of rotatable bonds is 10. The average molecular weight is 226 g/mol. The first-order valence-corrected chi connectivity index (χ1v) is 6.45. The van der Waals surface area contributed by atoms with Gasteiger partial charge in [0.15, 0.2) is 5.78 Å². The van der Waals surface area contributed by atoms with Crippen LogP contribution in [0.4, 0.5) is 0 Å². The normalized spacial score (nSPS) is 13.2. The Labute approximate surface area is 100 Å². The number of hydrogen-bond acceptors (Lipinski definition) is 2. The van der Waals surface area contributed by atoms with E-state index in [0.717, 1.165) is 12.8 Å². The molecule has 0 saturated carbocycles. The largest absolute Gasteiger partial charge is 0.381 e. The molecule has 0 saturated heterocycles. The van der Waals surface area contributed by atoms with Crippen LogP contribution in [0.2, 0.25) is 0 Å². The summed E-state index contributed by atoms with van der Waals surface area (Å²) >= 11 is 0. The van der Waals surface area contributed by atoms with Gasteiger partial charge in [0.2, 0.25) is 0 Å². The van der Waals surface area contributed by atoms with Crippen molar-refractivity contribution in [2.45, 2.75) is 52.4 Å². The molecule has 0 aliphatic heterocycles. The lowest BCUT2D eigenvalue weighted by atomic mass is 9.94. The standard InChI is InChI=1S/C14H26O2/c1-4-6-7-8-10-13(5-2)14(15)11-9-12-16-3/h9,11,13H,4-8,10,12H2,1-3H3/b11-9+. The quantitative estimate of drug-likeness (QED) is 0.419. The third-order valence-electron chi connectivity index (χ3n) is 2.85. The summed E-state index contributed by atoms with van der Waals surface area (Å²) in [5, 5.41) is 0. The number of ketones is 1. The van der Waals surface area contributed by atoms with Crippen LogP contribution >= 0.6 is 0 Å². The summed E-state index contributed by atoms with van der Waals surface area (Å²) in [6.07, 6.45) is 10.4. The molecule has 0 radical (unpaired) electrons. The predicted octanol–water partition coefficient (Wildman–Crippen LogP) is 3.75. The summed E-state index contributed by atoms with van der Waals surface area (Å²) in [7, 11) is 1.64. The van der Waals surface area contributed by atoms with Crippen LogP contribution in [0.15, 0.2) is 12.2 Å². The minimum atomic E-state index is 0.213. The molecule has 0 aromatic carbocycles. The molecule has 1 atom stereocenters. The molecule has 0 aliphatic rings. The Morgan fingerprint density at radius 3 is 2.56 bits per heavy atom. The first-order chi connectivity index (χ1) is 7.76. The fourth-order valence-electron chi connectivity index (χ4n) is 1.76. The van der Waals surface area contributed by atoms with Gasteiger partial charge in [-0.25, -0.2) is 0 Å².